The number of morpholine rings is 1. The lowest BCUT2D eigenvalue weighted by Crippen LogP contribution is -3.14. The predicted octanol–water partition coefficient (Wildman–Crippen LogP) is 1.03. The van der Waals surface area contributed by atoms with Gasteiger partial charge in [-0.25, -0.2) is 0 Å². The number of rotatable bonds is 4. The van der Waals surface area contributed by atoms with Crippen LogP contribution in [0, 0.1) is 0 Å². The van der Waals surface area contributed by atoms with E-state index >= 15 is 0 Å². The molecule has 1 saturated heterocycles. The first kappa shape index (κ1) is 14.6. The van der Waals surface area contributed by atoms with E-state index in [1.54, 1.807) is 12.3 Å². The van der Waals surface area contributed by atoms with Gasteiger partial charge in [0.05, 0.1) is 31.3 Å². The summed E-state index contributed by atoms with van der Waals surface area (Å²) in [6.07, 6.45) is 1.62. The van der Waals surface area contributed by atoms with Gasteiger partial charge in [0.1, 0.15) is 18.8 Å². The molecule has 0 aromatic heterocycles. The molecule has 0 bridgehead atoms. The Morgan fingerprint density at radius 2 is 2.05 bits per heavy atom. The van der Waals surface area contributed by atoms with Crippen LogP contribution in [0.4, 0.5) is 0 Å². The molecule has 1 aromatic carbocycles. The second kappa shape index (κ2) is 7.10. The largest absolute Gasteiger partial charge is 0.506 e. The molecular formula is C13H17Cl2N2O2+. The van der Waals surface area contributed by atoms with Crippen LogP contribution in [0.15, 0.2) is 17.1 Å². The van der Waals surface area contributed by atoms with Gasteiger partial charge in [0, 0.05) is 16.8 Å². The Morgan fingerprint density at radius 1 is 1.32 bits per heavy atom. The molecule has 2 N–H and O–H groups in total. The zero-order valence-electron chi connectivity index (χ0n) is 10.5. The molecule has 6 heteroatoms. The third-order valence-electron chi connectivity index (χ3n) is 3.08. The van der Waals surface area contributed by atoms with Crippen LogP contribution >= 0.6 is 23.2 Å². The summed E-state index contributed by atoms with van der Waals surface area (Å²) in [5.74, 6) is 0.0218. The number of phenols is 1. The fourth-order valence-corrected chi connectivity index (χ4v) is 2.49. The standard InChI is InChI=1S/C13H16Cl2N2O2/c14-11-7-10(13(18)12(15)8-11)9-16-1-2-17-3-5-19-6-4-17/h7-9,18H,1-6H2/p+1. The van der Waals surface area contributed by atoms with Gasteiger partial charge in [0.2, 0.25) is 0 Å². The molecule has 0 aliphatic carbocycles. The second-order valence-electron chi connectivity index (χ2n) is 4.47. The highest BCUT2D eigenvalue weighted by Crippen LogP contribution is 2.29. The zero-order valence-corrected chi connectivity index (χ0v) is 12.0. The third kappa shape index (κ3) is 4.35. The van der Waals surface area contributed by atoms with E-state index in [0.29, 0.717) is 17.1 Å². The minimum Gasteiger partial charge on any atom is -0.506 e. The van der Waals surface area contributed by atoms with E-state index in [-0.39, 0.29) is 10.8 Å². The SMILES string of the molecule is Oc1c(Cl)cc(Cl)cc1C=NCC[NH+]1CCOCC1. The lowest BCUT2D eigenvalue weighted by molar-refractivity contribution is -0.906. The van der Waals surface area contributed by atoms with Crippen molar-refractivity contribution in [3.05, 3.63) is 27.7 Å². The number of hydrogen-bond donors (Lipinski definition) is 2. The topological polar surface area (TPSA) is 46.3 Å². The highest BCUT2D eigenvalue weighted by molar-refractivity contribution is 6.36. The van der Waals surface area contributed by atoms with Crippen molar-refractivity contribution in [2.24, 2.45) is 4.99 Å². The number of nitrogens with one attached hydrogen (secondary N) is 1. The molecule has 0 unspecified atom stereocenters. The van der Waals surface area contributed by atoms with Gasteiger partial charge in [-0.1, -0.05) is 23.2 Å². The van der Waals surface area contributed by atoms with Crippen molar-refractivity contribution >= 4 is 29.4 Å². The van der Waals surface area contributed by atoms with Crippen LogP contribution in [-0.4, -0.2) is 50.7 Å². The summed E-state index contributed by atoms with van der Waals surface area (Å²) in [5.41, 5.74) is 0.550. The van der Waals surface area contributed by atoms with Gasteiger partial charge >= 0.3 is 0 Å². The molecule has 1 fully saturated rings. The van der Waals surface area contributed by atoms with Crippen LogP contribution in [0.25, 0.3) is 0 Å². The highest BCUT2D eigenvalue weighted by Gasteiger charge is 2.12. The first-order chi connectivity index (χ1) is 9.16. The fourth-order valence-electron chi connectivity index (χ4n) is 1.98. The molecule has 0 spiro atoms. The van der Waals surface area contributed by atoms with E-state index in [0.717, 1.165) is 32.8 Å². The highest BCUT2D eigenvalue weighted by atomic mass is 35.5. The van der Waals surface area contributed by atoms with Gasteiger partial charge in [-0.05, 0) is 12.1 Å². The van der Waals surface area contributed by atoms with Gasteiger partial charge in [-0.3, -0.25) is 4.99 Å². The van der Waals surface area contributed by atoms with Crippen LogP contribution in [0.5, 0.6) is 5.75 Å². The maximum absolute atomic E-state index is 9.77. The van der Waals surface area contributed by atoms with Gasteiger partial charge in [-0.15, -0.1) is 0 Å². The predicted molar refractivity (Wildman–Crippen MR) is 77.0 cm³/mol. The van der Waals surface area contributed by atoms with Crippen LogP contribution in [0.3, 0.4) is 0 Å². The second-order valence-corrected chi connectivity index (χ2v) is 5.32. The van der Waals surface area contributed by atoms with Crippen molar-refractivity contribution in [1.82, 2.24) is 0 Å². The molecule has 104 valence electrons. The van der Waals surface area contributed by atoms with Gasteiger partial charge in [0.15, 0.2) is 0 Å². The Hall–Kier alpha value is -0.810. The third-order valence-corrected chi connectivity index (χ3v) is 3.59. The summed E-state index contributed by atoms with van der Waals surface area (Å²) < 4.78 is 5.30. The van der Waals surface area contributed by atoms with Crippen LogP contribution in [0.1, 0.15) is 5.56 Å². The number of benzene rings is 1. The Bertz CT molecular complexity index is 460. The van der Waals surface area contributed by atoms with Crippen molar-refractivity contribution < 1.29 is 14.7 Å². The number of quaternary nitrogens is 1. The summed E-state index contributed by atoms with van der Waals surface area (Å²) in [5, 5.41) is 10.5. The van der Waals surface area contributed by atoms with Gasteiger partial charge < -0.3 is 14.7 Å². The molecule has 1 aliphatic rings. The minimum absolute atomic E-state index is 0.0218. The van der Waals surface area contributed by atoms with E-state index < -0.39 is 0 Å². The average molecular weight is 304 g/mol. The monoisotopic (exact) mass is 303 g/mol. The molecule has 1 aliphatic heterocycles. The number of phenolic OH excluding ortho intramolecular Hbond substituents is 1. The smallest absolute Gasteiger partial charge is 0.143 e. The van der Waals surface area contributed by atoms with Crippen molar-refractivity contribution in [3.63, 3.8) is 0 Å². The molecule has 1 heterocycles. The Labute approximate surface area is 122 Å². The number of aliphatic imine (C=N–C) groups is 1. The number of halogens is 2. The number of aromatic hydroxyl groups is 1. The average Bonchev–Trinajstić information content (AvgIpc) is 2.41. The van der Waals surface area contributed by atoms with Gasteiger partial charge in [0.25, 0.3) is 0 Å². The van der Waals surface area contributed by atoms with E-state index in [1.807, 2.05) is 0 Å². The maximum atomic E-state index is 9.77. The zero-order chi connectivity index (χ0) is 13.7. The van der Waals surface area contributed by atoms with Gasteiger partial charge in [-0.2, -0.15) is 0 Å². The molecule has 0 saturated carbocycles. The lowest BCUT2D eigenvalue weighted by atomic mass is 10.2. The van der Waals surface area contributed by atoms with Crippen molar-refractivity contribution in [1.29, 1.82) is 0 Å². The normalized spacial score (nSPS) is 17.2. The Kier molecular flexibility index (Phi) is 5.45. The fraction of sp³-hybridized carbons (Fsp3) is 0.462. The number of hydrogen-bond acceptors (Lipinski definition) is 3. The van der Waals surface area contributed by atoms with Crippen molar-refractivity contribution in [2.45, 2.75) is 0 Å². The number of nitrogens with zero attached hydrogens (tertiary/aromatic N) is 1. The molecule has 0 radical (unpaired) electrons. The lowest BCUT2D eigenvalue weighted by Gasteiger charge is -2.22. The quantitative estimate of drug-likeness (QED) is 0.816. The molecular weight excluding hydrogens is 287 g/mol. The van der Waals surface area contributed by atoms with E-state index in [4.69, 9.17) is 27.9 Å². The minimum atomic E-state index is 0.0218. The van der Waals surface area contributed by atoms with Crippen LogP contribution < -0.4 is 4.90 Å². The number of ether oxygens (including phenoxy) is 1. The molecule has 1 aromatic rings. The maximum Gasteiger partial charge on any atom is 0.143 e. The molecule has 19 heavy (non-hydrogen) atoms. The van der Waals surface area contributed by atoms with Crippen molar-refractivity contribution in [2.75, 3.05) is 39.4 Å². The summed E-state index contributed by atoms with van der Waals surface area (Å²) >= 11 is 11.7. The van der Waals surface area contributed by atoms with Crippen molar-refractivity contribution in [3.8, 4) is 5.75 Å². The Morgan fingerprint density at radius 3 is 2.79 bits per heavy atom. The summed E-state index contributed by atoms with van der Waals surface area (Å²) in [6.45, 7) is 5.38. The molecule has 0 amide bonds. The molecule has 2 rings (SSSR count). The first-order valence-corrected chi connectivity index (χ1v) is 7.01. The Balaban J connectivity index is 1.88. The summed E-state index contributed by atoms with van der Waals surface area (Å²) in [4.78, 5) is 5.81. The van der Waals surface area contributed by atoms with Crippen LogP contribution in [-0.2, 0) is 4.74 Å². The molecule has 0 atom stereocenters. The summed E-state index contributed by atoms with van der Waals surface area (Å²) in [6, 6.07) is 3.15. The van der Waals surface area contributed by atoms with E-state index in [1.165, 1.54) is 11.0 Å². The first-order valence-electron chi connectivity index (χ1n) is 6.26. The van der Waals surface area contributed by atoms with E-state index in [2.05, 4.69) is 4.99 Å². The van der Waals surface area contributed by atoms with Crippen LogP contribution in [0.2, 0.25) is 10.0 Å². The van der Waals surface area contributed by atoms with E-state index in [9.17, 15) is 5.11 Å². The summed E-state index contributed by atoms with van der Waals surface area (Å²) in [7, 11) is 0. The molecule has 4 nitrogen and oxygen atoms in total.